The van der Waals surface area contributed by atoms with Crippen LogP contribution in [-0.2, 0) is 0 Å². The Labute approximate surface area is 106 Å². The van der Waals surface area contributed by atoms with E-state index in [1.807, 2.05) is 25.7 Å². The molecule has 4 nitrogen and oxygen atoms in total. The van der Waals surface area contributed by atoms with Crippen LogP contribution in [0.1, 0.15) is 33.7 Å². The third-order valence-corrected chi connectivity index (χ3v) is 4.41. The van der Waals surface area contributed by atoms with Crippen molar-refractivity contribution in [2.24, 2.45) is 11.7 Å². The fourth-order valence-electron chi connectivity index (χ4n) is 2.27. The van der Waals surface area contributed by atoms with Gasteiger partial charge >= 0.3 is 0 Å². The first-order valence-corrected chi connectivity index (χ1v) is 6.79. The zero-order chi connectivity index (χ0) is 12.6. The molecule has 1 amide bonds. The minimum absolute atomic E-state index is 0.122. The standard InChI is InChI=1S/C12H19N3OS/c1-7(13)10-4-5-15(6-10)12(16)11-8(2)14-9(3)17-11/h7,10H,4-6,13H2,1-3H3. The Morgan fingerprint density at radius 1 is 1.59 bits per heavy atom. The summed E-state index contributed by atoms with van der Waals surface area (Å²) in [6.45, 7) is 7.45. The summed E-state index contributed by atoms with van der Waals surface area (Å²) in [6, 6.07) is 0.164. The second-order valence-electron chi connectivity index (χ2n) is 4.81. The van der Waals surface area contributed by atoms with Crippen molar-refractivity contribution in [2.45, 2.75) is 33.2 Å². The largest absolute Gasteiger partial charge is 0.338 e. The van der Waals surface area contributed by atoms with Gasteiger partial charge in [-0.2, -0.15) is 0 Å². The molecule has 5 heteroatoms. The fourth-order valence-corrected chi connectivity index (χ4v) is 3.16. The van der Waals surface area contributed by atoms with E-state index in [9.17, 15) is 4.79 Å². The van der Waals surface area contributed by atoms with Crippen LogP contribution in [-0.4, -0.2) is 34.9 Å². The van der Waals surface area contributed by atoms with Crippen molar-refractivity contribution in [3.8, 4) is 0 Å². The van der Waals surface area contributed by atoms with E-state index in [0.29, 0.717) is 5.92 Å². The molecule has 2 N–H and O–H groups in total. The van der Waals surface area contributed by atoms with Crippen molar-refractivity contribution >= 4 is 17.2 Å². The van der Waals surface area contributed by atoms with Crippen molar-refractivity contribution in [3.63, 3.8) is 0 Å². The molecule has 1 saturated heterocycles. The molecule has 0 saturated carbocycles. The minimum atomic E-state index is 0.122. The Morgan fingerprint density at radius 3 is 2.76 bits per heavy atom. The summed E-state index contributed by atoms with van der Waals surface area (Å²) in [6.07, 6.45) is 1.01. The van der Waals surface area contributed by atoms with Gasteiger partial charge in [0.15, 0.2) is 0 Å². The number of carbonyl (C=O) groups excluding carboxylic acids is 1. The van der Waals surface area contributed by atoms with Gasteiger partial charge < -0.3 is 10.6 Å². The van der Waals surface area contributed by atoms with Gasteiger partial charge in [-0.15, -0.1) is 11.3 Å². The number of thiazole rings is 1. The Morgan fingerprint density at radius 2 is 2.29 bits per heavy atom. The number of rotatable bonds is 2. The number of amides is 1. The van der Waals surface area contributed by atoms with E-state index in [4.69, 9.17) is 5.73 Å². The monoisotopic (exact) mass is 253 g/mol. The SMILES string of the molecule is Cc1nc(C)c(C(=O)N2CCC(C(C)N)C2)s1. The first kappa shape index (κ1) is 12.5. The van der Waals surface area contributed by atoms with Gasteiger partial charge in [-0.05, 0) is 33.1 Å². The highest BCUT2D eigenvalue weighted by atomic mass is 32.1. The first-order valence-electron chi connectivity index (χ1n) is 5.98. The smallest absolute Gasteiger partial charge is 0.265 e. The van der Waals surface area contributed by atoms with Crippen LogP contribution in [0, 0.1) is 19.8 Å². The van der Waals surface area contributed by atoms with E-state index in [2.05, 4.69) is 4.98 Å². The topological polar surface area (TPSA) is 59.2 Å². The molecule has 2 rings (SSSR count). The van der Waals surface area contributed by atoms with E-state index in [1.165, 1.54) is 11.3 Å². The molecule has 2 unspecified atom stereocenters. The van der Waals surface area contributed by atoms with Crippen molar-refractivity contribution in [3.05, 3.63) is 15.6 Å². The Hall–Kier alpha value is -0.940. The number of carbonyl (C=O) groups is 1. The molecule has 17 heavy (non-hydrogen) atoms. The molecule has 2 heterocycles. The van der Waals surface area contributed by atoms with Gasteiger partial charge in [0, 0.05) is 19.1 Å². The lowest BCUT2D eigenvalue weighted by Crippen LogP contribution is -2.32. The molecule has 0 bridgehead atoms. The van der Waals surface area contributed by atoms with Gasteiger partial charge in [0.2, 0.25) is 0 Å². The minimum Gasteiger partial charge on any atom is -0.338 e. The molecule has 1 aliphatic heterocycles. The third kappa shape index (κ3) is 2.50. The molecule has 1 aromatic rings. The molecule has 0 spiro atoms. The predicted octanol–water partition coefficient (Wildman–Crippen LogP) is 1.57. The molecule has 2 atom stereocenters. The quantitative estimate of drug-likeness (QED) is 0.870. The lowest BCUT2D eigenvalue weighted by atomic mass is 10.0. The summed E-state index contributed by atoms with van der Waals surface area (Å²) >= 11 is 1.49. The highest BCUT2D eigenvalue weighted by Gasteiger charge is 2.30. The number of nitrogens with zero attached hydrogens (tertiary/aromatic N) is 2. The van der Waals surface area contributed by atoms with Crippen molar-refractivity contribution < 1.29 is 4.79 Å². The summed E-state index contributed by atoms with van der Waals surface area (Å²) < 4.78 is 0. The van der Waals surface area contributed by atoms with Crippen LogP contribution in [0.3, 0.4) is 0 Å². The lowest BCUT2D eigenvalue weighted by Gasteiger charge is -2.17. The Balaban J connectivity index is 2.09. The van der Waals surface area contributed by atoms with Crippen LogP contribution in [0.5, 0.6) is 0 Å². The number of likely N-dealkylation sites (tertiary alicyclic amines) is 1. The van der Waals surface area contributed by atoms with Crippen molar-refractivity contribution in [1.82, 2.24) is 9.88 Å². The zero-order valence-corrected chi connectivity index (χ0v) is 11.4. The molecule has 0 aliphatic carbocycles. The average Bonchev–Trinajstić information content (AvgIpc) is 2.84. The van der Waals surface area contributed by atoms with Crippen LogP contribution in [0.4, 0.5) is 0 Å². The van der Waals surface area contributed by atoms with Crippen LogP contribution in [0.2, 0.25) is 0 Å². The molecular weight excluding hydrogens is 234 g/mol. The van der Waals surface area contributed by atoms with Gasteiger partial charge in [-0.1, -0.05) is 0 Å². The molecular formula is C12H19N3OS. The van der Waals surface area contributed by atoms with E-state index in [-0.39, 0.29) is 11.9 Å². The summed E-state index contributed by atoms with van der Waals surface area (Å²) in [7, 11) is 0. The third-order valence-electron chi connectivity index (χ3n) is 3.35. The summed E-state index contributed by atoms with van der Waals surface area (Å²) in [4.78, 5) is 19.3. The molecule has 1 aliphatic rings. The van der Waals surface area contributed by atoms with Crippen LogP contribution < -0.4 is 5.73 Å². The molecule has 0 radical (unpaired) electrons. The van der Waals surface area contributed by atoms with Gasteiger partial charge in [-0.3, -0.25) is 4.79 Å². The van der Waals surface area contributed by atoms with Crippen LogP contribution >= 0.6 is 11.3 Å². The molecule has 1 aromatic heterocycles. The highest BCUT2D eigenvalue weighted by molar-refractivity contribution is 7.13. The number of hydrogen-bond acceptors (Lipinski definition) is 4. The molecule has 0 aromatic carbocycles. The van der Waals surface area contributed by atoms with E-state index >= 15 is 0 Å². The number of hydrogen-bond donors (Lipinski definition) is 1. The van der Waals surface area contributed by atoms with E-state index < -0.39 is 0 Å². The van der Waals surface area contributed by atoms with Crippen molar-refractivity contribution in [2.75, 3.05) is 13.1 Å². The van der Waals surface area contributed by atoms with Gasteiger partial charge in [0.1, 0.15) is 4.88 Å². The number of aryl methyl sites for hydroxylation is 2. The second-order valence-corrected chi connectivity index (χ2v) is 6.01. The van der Waals surface area contributed by atoms with Gasteiger partial charge in [0.25, 0.3) is 5.91 Å². The maximum atomic E-state index is 12.3. The Kier molecular flexibility index (Phi) is 3.49. The summed E-state index contributed by atoms with van der Waals surface area (Å²) in [5, 5.41) is 0.953. The highest BCUT2D eigenvalue weighted by Crippen LogP contribution is 2.24. The maximum absolute atomic E-state index is 12.3. The predicted molar refractivity (Wildman–Crippen MR) is 69.2 cm³/mol. The average molecular weight is 253 g/mol. The number of nitrogens with two attached hydrogens (primary N) is 1. The normalized spacial score (nSPS) is 21.9. The van der Waals surface area contributed by atoms with Crippen LogP contribution in [0.15, 0.2) is 0 Å². The lowest BCUT2D eigenvalue weighted by molar-refractivity contribution is 0.0790. The Bertz CT molecular complexity index is 427. The second kappa shape index (κ2) is 4.74. The van der Waals surface area contributed by atoms with Crippen molar-refractivity contribution in [1.29, 1.82) is 0 Å². The summed E-state index contributed by atoms with van der Waals surface area (Å²) in [5.41, 5.74) is 6.73. The fraction of sp³-hybridized carbons (Fsp3) is 0.667. The maximum Gasteiger partial charge on any atom is 0.265 e. The zero-order valence-electron chi connectivity index (χ0n) is 10.6. The molecule has 1 fully saturated rings. The number of aromatic nitrogens is 1. The summed E-state index contributed by atoms with van der Waals surface area (Å²) in [5.74, 6) is 0.560. The van der Waals surface area contributed by atoms with E-state index in [1.54, 1.807) is 0 Å². The van der Waals surface area contributed by atoms with Crippen LogP contribution in [0.25, 0.3) is 0 Å². The van der Waals surface area contributed by atoms with Gasteiger partial charge in [-0.25, -0.2) is 4.98 Å². The van der Waals surface area contributed by atoms with E-state index in [0.717, 1.165) is 35.1 Å². The molecule has 94 valence electrons. The first-order chi connectivity index (χ1) is 7.99. The van der Waals surface area contributed by atoms with Gasteiger partial charge in [0.05, 0.1) is 10.7 Å².